The zero-order valence-electron chi connectivity index (χ0n) is 8.77. The van der Waals surface area contributed by atoms with Crippen molar-refractivity contribution in [1.29, 1.82) is 0 Å². The number of hydrogen-bond acceptors (Lipinski definition) is 2. The van der Waals surface area contributed by atoms with Crippen molar-refractivity contribution in [1.82, 2.24) is 0 Å². The van der Waals surface area contributed by atoms with Crippen LogP contribution in [0.1, 0.15) is 13.3 Å². The minimum absolute atomic E-state index is 0.432. The van der Waals surface area contributed by atoms with Crippen molar-refractivity contribution >= 4 is 52.3 Å². The first-order valence-electron chi connectivity index (χ1n) is 5.10. The fraction of sp³-hybridized carbons (Fsp3) is 0.455. The minimum atomic E-state index is 0.432. The monoisotopic (exact) mass is 295 g/mol. The Hall–Kier alpha value is 0.240. The second-order valence-electron chi connectivity index (χ2n) is 3.86. The van der Waals surface area contributed by atoms with Crippen molar-refractivity contribution in [3.05, 3.63) is 27.2 Å². The molecule has 1 aliphatic rings. The molecular formula is C11H12Cl3NS. The first-order valence-corrected chi connectivity index (χ1v) is 7.29. The summed E-state index contributed by atoms with van der Waals surface area (Å²) < 4.78 is 0. The van der Waals surface area contributed by atoms with Crippen molar-refractivity contribution in [3.63, 3.8) is 0 Å². The summed E-state index contributed by atoms with van der Waals surface area (Å²) in [6.45, 7) is 2.22. The van der Waals surface area contributed by atoms with Crippen molar-refractivity contribution in [2.75, 3.05) is 11.1 Å². The van der Waals surface area contributed by atoms with Crippen LogP contribution in [0.15, 0.2) is 12.1 Å². The van der Waals surface area contributed by atoms with Crippen molar-refractivity contribution in [2.24, 2.45) is 0 Å². The maximum atomic E-state index is 6.12. The van der Waals surface area contributed by atoms with Gasteiger partial charge in [0.25, 0.3) is 0 Å². The molecule has 88 valence electrons. The van der Waals surface area contributed by atoms with E-state index in [1.165, 1.54) is 5.75 Å². The molecule has 0 spiro atoms. The molecule has 1 N–H and O–H groups in total. The zero-order valence-corrected chi connectivity index (χ0v) is 11.9. The Labute approximate surface area is 115 Å². The van der Waals surface area contributed by atoms with Gasteiger partial charge in [-0.3, -0.25) is 0 Å². The Morgan fingerprint density at radius 1 is 1.25 bits per heavy atom. The average molecular weight is 297 g/mol. The van der Waals surface area contributed by atoms with Gasteiger partial charge in [0.1, 0.15) is 0 Å². The Morgan fingerprint density at radius 3 is 2.38 bits per heavy atom. The average Bonchev–Trinajstić information content (AvgIpc) is 2.57. The van der Waals surface area contributed by atoms with Gasteiger partial charge in [0.15, 0.2) is 0 Å². The van der Waals surface area contributed by atoms with E-state index in [1.54, 1.807) is 12.1 Å². The van der Waals surface area contributed by atoms with E-state index >= 15 is 0 Å². The summed E-state index contributed by atoms with van der Waals surface area (Å²) in [5.41, 5.74) is 0.798. The molecule has 5 heteroatoms. The molecule has 1 aliphatic heterocycles. The van der Waals surface area contributed by atoms with Crippen LogP contribution in [0.3, 0.4) is 0 Å². The summed E-state index contributed by atoms with van der Waals surface area (Å²) in [6, 6.07) is 3.86. The van der Waals surface area contributed by atoms with Gasteiger partial charge in [0, 0.05) is 16.3 Å². The third kappa shape index (κ3) is 2.73. The van der Waals surface area contributed by atoms with Crippen LogP contribution in [0, 0.1) is 0 Å². The molecule has 0 bridgehead atoms. The van der Waals surface area contributed by atoms with Crippen LogP contribution in [0.2, 0.25) is 15.1 Å². The van der Waals surface area contributed by atoms with E-state index in [4.69, 9.17) is 34.8 Å². The highest BCUT2D eigenvalue weighted by Crippen LogP contribution is 2.37. The smallest absolute Gasteiger partial charge is 0.0722 e. The van der Waals surface area contributed by atoms with E-state index in [-0.39, 0.29) is 0 Å². The summed E-state index contributed by atoms with van der Waals surface area (Å²) in [4.78, 5) is 0. The molecule has 2 rings (SSSR count). The molecule has 2 atom stereocenters. The van der Waals surface area contributed by atoms with Gasteiger partial charge < -0.3 is 5.32 Å². The first kappa shape index (κ1) is 12.7. The summed E-state index contributed by atoms with van der Waals surface area (Å²) >= 11 is 20.1. The zero-order chi connectivity index (χ0) is 11.7. The molecule has 0 aromatic heterocycles. The number of hydrogen-bond donors (Lipinski definition) is 1. The number of halogens is 3. The van der Waals surface area contributed by atoms with Gasteiger partial charge in [-0.1, -0.05) is 41.7 Å². The maximum Gasteiger partial charge on any atom is 0.0722 e. The van der Waals surface area contributed by atoms with E-state index in [1.807, 2.05) is 11.8 Å². The number of anilines is 1. The quantitative estimate of drug-likeness (QED) is 0.828. The van der Waals surface area contributed by atoms with E-state index in [2.05, 4.69) is 12.2 Å². The van der Waals surface area contributed by atoms with Crippen LogP contribution in [0.4, 0.5) is 5.69 Å². The lowest BCUT2D eigenvalue weighted by atomic mass is 10.1. The van der Waals surface area contributed by atoms with Gasteiger partial charge in [0.2, 0.25) is 0 Å². The molecule has 0 aliphatic carbocycles. The molecular weight excluding hydrogens is 285 g/mol. The third-order valence-electron chi connectivity index (χ3n) is 2.71. The van der Waals surface area contributed by atoms with Crippen molar-refractivity contribution < 1.29 is 0 Å². The molecule has 0 saturated carbocycles. The van der Waals surface area contributed by atoms with Crippen molar-refractivity contribution in [2.45, 2.75) is 24.6 Å². The Balaban J connectivity index is 2.21. The first-order chi connectivity index (χ1) is 7.58. The lowest BCUT2D eigenvalue weighted by molar-refractivity contribution is 0.724. The van der Waals surface area contributed by atoms with E-state index in [9.17, 15) is 0 Å². The van der Waals surface area contributed by atoms with Crippen molar-refractivity contribution in [3.8, 4) is 0 Å². The molecule has 0 radical (unpaired) electrons. The van der Waals surface area contributed by atoms with Gasteiger partial charge in [-0.15, -0.1) is 0 Å². The highest BCUT2D eigenvalue weighted by molar-refractivity contribution is 8.00. The molecule has 16 heavy (non-hydrogen) atoms. The van der Waals surface area contributed by atoms with E-state index in [0.29, 0.717) is 26.4 Å². The highest BCUT2D eigenvalue weighted by atomic mass is 35.5. The summed E-state index contributed by atoms with van der Waals surface area (Å²) in [5.74, 6) is 1.18. The normalized spacial score (nSPS) is 24.8. The van der Waals surface area contributed by atoms with E-state index < -0.39 is 0 Å². The van der Waals surface area contributed by atoms with Gasteiger partial charge in [-0.2, -0.15) is 11.8 Å². The summed E-state index contributed by atoms with van der Waals surface area (Å²) in [6.07, 6.45) is 1.14. The van der Waals surface area contributed by atoms with Crippen LogP contribution in [0.5, 0.6) is 0 Å². The minimum Gasteiger partial charge on any atom is -0.379 e. The fourth-order valence-corrected chi connectivity index (χ4v) is 3.91. The Morgan fingerprint density at radius 2 is 1.88 bits per heavy atom. The lowest BCUT2D eigenvalue weighted by Gasteiger charge is -2.20. The lowest BCUT2D eigenvalue weighted by Crippen LogP contribution is -2.25. The predicted octanol–water partition coefficient (Wildman–Crippen LogP) is 4.95. The second kappa shape index (κ2) is 5.26. The molecule has 1 saturated heterocycles. The number of benzene rings is 1. The largest absolute Gasteiger partial charge is 0.379 e. The van der Waals surface area contributed by atoms with Crippen LogP contribution < -0.4 is 5.32 Å². The molecule has 1 fully saturated rings. The third-order valence-corrected chi connectivity index (χ3v) is 4.85. The Bertz CT molecular complexity index is 374. The summed E-state index contributed by atoms with van der Waals surface area (Å²) in [7, 11) is 0. The highest BCUT2D eigenvalue weighted by Gasteiger charge is 2.25. The molecule has 1 nitrogen and oxygen atoms in total. The van der Waals surface area contributed by atoms with Crippen LogP contribution >= 0.6 is 46.6 Å². The molecule has 1 aromatic rings. The molecule has 2 unspecified atom stereocenters. The maximum absolute atomic E-state index is 6.12. The van der Waals surface area contributed by atoms with Gasteiger partial charge in [-0.05, 0) is 24.3 Å². The topological polar surface area (TPSA) is 12.0 Å². The van der Waals surface area contributed by atoms with E-state index in [0.717, 1.165) is 12.1 Å². The number of thioether (sulfide) groups is 1. The number of rotatable bonds is 2. The standard InChI is InChI=1S/C11H12Cl3NS/c1-6-10(2-3-16-6)15-11-8(13)4-7(12)5-9(11)14/h4-6,10,15H,2-3H2,1H3. The molecule has 0 amide bonds. The molecule has 1 heterocycles. The van der Waals surface area contributed by atoms with Crippen LogP contribution in [-0.2, 0) is 0 Å². The SMILES string of the molecule is CC1SCCC1Nc1c(Cl)cc(Cl)cc1Cl. The predicted molar refractivity (Wildman–Crippen MR) is 75.4 cm³/mol. The fourth-order valence-electron chi connectivity index (χ4n) is 1.79. The van der Waals surface area contributed by atoms with Gasteiger partial charge in [-0.25, -0.2) is 0 Å². The second-order valence-corrected chi connectivity index (χ2v) is 6.60. The van der Waals surface area contributed by atoms with Crippen LogP contribution in [0.25, 0.3) is 0 Å². The van der Waals surface area contributed by atoms with Gasteiger partial charge >= 0.3 is 0 Å². The number of nitrogens with one attached hydrogen (secondary N) is 1. The van der Waals surface area contributed by atoms with Gasteiger partial charge in [0.05, 0.1) is 15.7 Å². The summed E-state index contributed by atoms with van der Waals surface area (Å²) in [5, 5.41) is 5.73. The Kier molecular flexibility index (Phi) is 4.17. The van der Waals surface area contributed by atoms with Crippen LogP contribution in [-0.4, -0.2) is 17.0 Å². The molecule has 1 aromatic carbocycles.